The minimum atomic E-state index is -0.566. The summed E-state index contributed by atoms with van der Waals surface area (Å²) in [5.74, 6) is 1.73. The molecule has 6 heteroatoms. The van der Waals surface area contributed by atoms with Crippen molar-refractivity contribution < 1.29 is 14.5 Å². The molecule has 1 aromatic rings. The van der Waals surface area contributed by atoms with Crippen molar-refractivity contribution in [1.82, 2.24) is 0 Å². The number of carbonyl (C=O) groups is 1. The molecule has 0 aromatic heterocycles. The summed E-state index contributed by atoms with van der Waals surface area (Å²) in [6.45, 7) is 0.130. The lowest BCUT2D eigenvalue weighted by Gasteiger charge is -2.05. The Morgan fingerprint density at radius 2 is 2.35 bits per heavy atom. The Morgan fingerprint density at radius 1 is 1.65 bits per heavy atom. The van der Waals surface area contributed by atoms with Gasteiger partial charge in [0.2, 0.25) is 0 Å². The van der Waals surface area contributed by atoms with Crippen molar-refractivity contribution in [3.63, 3.8) is 0 Å². The highest BCUT2D eigenvalue weighted by Crippen LogP contribution is 2.25. The van der Waals surface area contributed by atoms with E-state index in [1.54, 1.807) is 0 Å². The molecule has 0 unspecified atom stereocenters. The first-order valence-electron chi connectivity index (χ1n) is 4.64. The van der Waals surface area contributed by atoms with E-state index in [1.165, 1.54) is 25.3 Å². The van der Waals surface area contributed by atoms with Gasteiger partial charge in [-0.2, -0.15) is 0 Å². The van der Waals surface area contributed by atoms with Crippen LogP contribution in [0.4, 0.5) is 11.4 Å². The number of nitrogens with zero attached hydrogens (tertiary/aromatic N) is 1. The van der Waals surface area contributed by atoms with Crippen LogP contribution in [0.1, 0.15) is 10.4 Å². The standard InChI is InChI=1S/C11H10N2O4/c1-3-6-12-9-7-8(11(14)17-2)4-5-10(9)13(15)16/h1,4-5,7,12H,6H2,2H3. The number of nitro groups is 1. The number of methoxy groups -OCH3 is 1. The fourth-order valence-electron chi connectivity index (χ4n) is 1.23. The van der Waals surface area contributed by atoms with E-state index in [9.17, 15) is 14.9 Å². The van der Waals surface area contributed by atoms with E-state index in [4.69, 9.17) is 6.42 Å². The summed E-state index contributed by atoms with van der Waals surface area (Å²) in [7, 11) is 1.23. The minimum Gasteiger partial charge on any atom is -0.465 e. The Labute approximate surface area is 97.7 Å². The van der Waals surface area contributed by atoms with Crippen molar-refractivity contribution in [1.29, 1.82) is 0 Å². The van der Waals surface area contributed by atoms with Crippen LogP contribution >= 0.6 is 0 Å². The number of rotatable bonds is 4. The van der Waals surface area contributed by atoms with Gasteiger partial charge in [0.25, 0.3) is 5.69 Å². The van der Waals surface area contributed by atoms with Gasteiger partial charge in [-0.15, -0.1) is 6.42 Å². The second-order valence-electron chi connectivity index (χ2n) is 3.04. The van der Waals surface area contributed by atoms with Crippen molar-refractivity contribution in [2.75, 3.05) is 19.0 Å². The third kappa shape index (κ3) is 2.95. The first-order chi connectivity index (χ1) is 8.10. The van der Waals surface area contributed by atoms with Crippen molar-refractivity contribution in [3.05, 3.63) is 33.9 Å². The molecule has 0 aliphatic carbocycles. The van der Waals surface area contributed by atoms with E-state index in [0.29, 0.717) is 0 Å². The highest BCUT2D eigenvalue weighted by molar-refractivity contribution is 5.91. The van der Waals surface area contributed by atoms with Gasteiger partial charge in [-0.3, -0.25) is 10.1 Å². The predicted octanol–water partition coefficient (Wildman–Crippen LogP) is 1.43. The molecule has 0 aliphatic heterocycles. The molecule has 17 heavy (non-hydrogen) atoms. The molecule has 0 heterocycles. The van der Waals surface area contributed by atoms with Crippen molar-refractivity contribution in [3.8, 4) is 12.3 Å². The van der Waals surface area contributed by atoms with Crippen LogP contribution in [-0.4, -0.2) is 24.5 Å². The number of nitrogens with one attached hydrogen (secondary N) is 1. The van der Waals surface area contributed by atoms with Gasteiger partial charge >= 0.3 is 5.97 Å². The van der Waals surface area contributed by atoms with Gasteiger partial charge in [0, 0.05) is 6.07 Å². The number of esters is 1. The quantitative estimate of drug-likeness (QED) is 0.369. The van der Waals surface area contributed by atoms with Crippen LogP contribution < -0.4 is 5.32 Å². The molecule has 0 spiro atoms. The van der Waals surface area contributed by atoms with E-state index in [-0.39, 0.29) is 23.5 Å². The summed E-state index contributed by atoms with van der Waals surface area (Å²) in [5, 5.41) is 13.4. The number of terminal acetylenes is 1. The fourth-order valence-corrected chi connectivity index (χ4v) is 1.23. The summed E-state index contributed by atoms with van der Waals surface area (Å²) in [4.78, 5) is 21.4. The van der Waals surface area contributed by atoms with Gasteiger partial charge in [0.1, 0.15) is 5.69 Å². The van der Waals surface area contributed by atoms with Crippen LogP contribution in [0.15, 0.2) is 18.2 Å². The molecule has 0 fully saturated rings. The summed E-state index contributed by atoms with van der Waals surface area (Å²) < 4.78 is 4.52. The SMILES string of the molecule is C#CCNc1cc(C(=O)OC)ccc1[N+](=O)[O-]. The van der Waals surface area contributed by atoms with E-state index in [2.05, 4.69) is 16.0 Å². The molecule has 1 N–H and O–H groups in total. The Kier molecular flexibility index (Phi) is 4.06. The second-order valence-corrected chi connectivity index (χ2v) is 3.04. The Bertz CT molecular complexity index is 491. The second kappa shape index (κ2) is 5.51. The summed E-state index contributed by atoms with van der Waals surface area (Å²) in [6, 6.07) is 3.89. The molecule has 0 amide bonds. The highest BCUT2D eigenvalue weighted by Gasteiger charge is 2.16. The summed E-state index contributed by atoms with van der Waals surface area (Å²) in [5.41, 5.74) is 0.265. The topological polar surface area (TPSA) is 81.5 Å². The van der Waals surface area contributed by atoms with E-state index in [1.807, 2.05) is 0 Å². The van der Waals surface area contributed by atoms with Crippen LogP contribution in [-0.2, 0) is 4.74 Å². The largest absolute Gasteiger partial charge is 0.465 e. The van der Waals surface area contributed by atoms with Gasteiger partial charge in [-0.05, 0) is 12.1 Å². The number of ether oxygens (including phenoxy) is 1. The van der Waals surface area contributed by atoms with Crippen molar-refractivity contribution >= 4 is 17.3 Å². The third-order valence-corrected chi connectivity index (χ3v) is 2.00. The molecule has 1 aromatic carbocycles. The normalized spacial score (nSPS) is 9.18. The monoisotopic (exact) mass is 234 g/mol. The van der Waals surface area contributed by atoms with Crippen LogP contribution in [0.2, 0.25) is 0 Å². The van der Waals surface area contributed by atoms with Crippen LogP contribution in [0.3, 0.4) is 0 Å². The Morgan fingerprint density at radius 3 is 2.88 bits per heavy atom. The Hall–Kier alpha value is -2.55. The summed E-state index contributed by atoms with van der Waals surface area (Å²) >= 11 is 0. The maximum Gasteiger partial charge on any atom is 0.337 e. The van der Waals surface area contributed by atoms with Crippen LogP contribution in [0.25, 0.3) is 0 Å². The predicted molar refractivity (Wildman–Crippen MR) is 61.8 cm³/mol. The molecule has 0 saturated carbocycles. The van der Waals surface area contributed by atoms with Gasteiger partial charge in [0.05, 0.1) is 24.1 Å². The minimum absolute atomic E-state index is 0.130. The third-order valence-electron chi connectivity index (χ3n) is 2.00. The maximum absolute atomic E-state index is 11.3. The molecule has 0 bridgehead atoms. The lowest BCUT2D eigenvalue weighted by molar-refractivity contribution is -0.384. The molecule has 0 radical (unpaired) electrons. The number of hydrogen-bond donors (Lipinski definition) is 1. The molecular weight excluding hydrogens is 224 g/mol. The van der Waals surface area contributed by atoms with E-state index >= 15 is 0 Å². The number of nitro benzene ring substituents is 1. The Balaban J connectivity index is 3.15. The number of anilines is 1. The van der Waals surface area contributed by atoms with Gasteiger partial charge in [0.15, 0.2) is 0 Å². The van der Waals surface area contributed by atoms with Crippen molar-refractivity contribution in [2.45, 2.75) is 0 Å². The fraction of sp³-hybridized carbons (Fsp3) is 0.182. The van der Waals surface area contributed by atoms with Gasteiger partial charge < -0.3 is 10.1 Å². The molecule has 0 saturated heterocycles. The first kappa shape index (κ1) is 12.5. The first-order valence-corrected chi connectivity index (χ1v) is 4.64. The smallest absolute Gasteiger partial charge is 0.337 e. The lowest BCUT2D eigenvalue weighted by atomic mass is 10.1. The zero-order valence-electron chi connectivity index (χ0n) is 9.10. The molecular formula is C11H10N2O4. The lowest BCUT2D eigenvalue weighted by Crippen LogP contribution is -2.06. The zero-order valence-corrected chi connectivity index (χ0v) is 9.10. The number of benzene rings is 1. The average Bonchev–Trinajstić information content (AvgIpc) is 2.34. The average molecular weight is 234 g/mol. The molecule has 1 rings (SSSR count). The van der Waals surface area contributed by atoms with Crippen LogP contribution in [0, 0.1) is 22.5 Å². The van der Waals surface area contributed by atoms with E-state index in [0.717, 1.165) is 0 Å². The summed E-state index contributed by atoms with van der Waals surface area (Å²) in [6.07, 6.45) is 5.05. The van der Waals surface area contributed by atoms with Crippen LogP contribution in [0.5, 0.6) is 0 Å². The molecule has 6 nitrogen and oxygen atoms in total. The molecule has 0 aliphatic rings. The zero-order chi connectivity index (χ0) is 12.8. The number of hydrogen-bond acceptors (Lipinski definition) is 5. The molecule has 0 atom stereocenters. The van der Waals surface area contributed by atoms with Gasteiger partial charge in [-0.1, -0.05) is 5.92 Å². The molecule has 88 valence electrons. The van der Waals surface area contributed by atoms with Crippen molar-refractivity contribution in [2.24, 2.45) is 0 Å². The van der Waals surface area contributed by atoms with Gasteiger partial charge in [-0.25, -0.2) is 4.79 Å². The van der Waals surface area contributed by atoms with E-state index < -0.39 is 10.9 Å². The maximum atomic E-state index is 11.3. The number of carbonyl (C=O) groups excluding carboxylic acids is 1. The highest BCUT2D eigenvalue weighted by atomic mass is 16.6.